The molecule has 0 atom stereocenters. The van der Waals surface area contributed by atoms with E-state index in [1.54, 1.807) is 12.1 Å². The number of hydrogen-bond acceptors (Lipinski definition) is 3. The van der Waals surface area contributed by atoms with Crippen LogP contribution in [0.5, 0.6) is 0 Å². The van der Waals surface area contributed by atoms with Crippen molar-refractivity contribution in [2.45, 2.75) is 13.3 Å². The lowest BCUT2D eigenvalue weighted by Crippen LogP contribution is -2.38. The first-order valence-electron chi connectivity index (χ1n) is 5.75. The predicted octanol–water partition coefficient (Wildman–Crippen LogP) is 0.867. The molecular weight excluding hydrogens is 248 g/mol. The molecular formula is C13H16N2O4. The second-order valence-electron chi connectivity index (χ2n) is 4.19. The number of benzene rings is 1. The molecule has 2 N–H and O–H groups in total. The van der Waals surface area contributed by atoms with Crippen molar-refractivity contribution >= 4 is 23.5 Å². The van der Waals surface area contributed by atoms with Crippen LogP contribution in [0.2, 0.25) is 0 Å². The number of amides is 2. The minimum atomic E-state index is -1.02. The van der Waals surface area contributed by atoms with E-state index in [0.717, 1.165) is 10.5 Å². The summed E-state index contributed by atoms with van der Waals surface area (Å²) >= 11 is 0. The van der Waals surface area contributed by atoms with Gasteiger partial charge in [0, 0.05) is 19.3 Å². The van der Waals surface area contributed by atoms with Gasteiger partial charge in [-0.2, -0.15) is 0 Å². The summed E-state index contributed by atoms with van der Waals surface area (Å²) in [6.45, 7) is 1.91. The number of carboxylic acids is 1. The normalized spacial score (nSPS) is 9.79. The quantitative estimate of drug-likeness (QED) is 0.790. The van der Waals surface area contributed by atoms with E-state index in [0.29, 0.717) is 5.69 Å². The first-order chi connectivity index (χ1) is 8.90. The van der Waals surface area contributed by atoms with Gasteiger partial charge in [0.05, 0.1) is 6.42 Å². The van der Waals surface area contributed by atoms with Crippen LogP contribution in [0.1, 0.15) is 12.0 Å². The van der Waals surface area contributed by atoms with Gasteiger partial charge in [-0.1, -0.05) is 17.7 Å². The number of anilines is 1. The second kappa shape index (κ2) is 6.53. The van der Waals surface area contributed by atoms with Crippen LogP contribution in [-0.4, -0.2) is 41.4 Å². The fourth-order valence-electron chi connectivity index (χ4n) is 1.36. The molecule has 1 aromatic rings. The van der Waals surface area contributed by atoms with Crippen molar-refractivity contribution in [3.63, 3.8) is 0 Å². The Morgan fingerprint density at radius 3 is 2.32 bits per heavy atom. The Bertz CT molecular complexity index is 482. The summed E-state index contributed by atoms with van der Waals surface area (Å²) in [5, 5.41) is 11.0. The molecule has 0 unspecified atom stereocenters. The SMILES string of the molecule is Cc1ccc(NC(=O)C(=O)N(C)CCC(=O)O)cc1. The van der Waals surface area contributed by atoms with E-state index in [9.17, 15) is 14.4 Å². The molecule has 6 heteroatoms. The Morgan fingerprint density at radius 2 is 1.79 bits per heavy atom. The fraction of sp³-hybridized carbons (Fsp3) is 0.308. The van der Waals surface area contributed by atoms with E-state index < -0.39 is 17.8 Å². The number of carboxylic acid groups (broad SMARTS) is 1. The Balaban J connectivity index is 2.55. The van der Waals surface area contributed by atoms with Gasteiger partial charge >= 0.3 is 17.8 Å². The monoisotopic (exact) mass is 264 g/mol. The third-order valence-corrected chi connectivity index (χ3v) is 2.51. The van der Waals surface area contributed by atoms with E-state index in [2.05, 4.69) is 5.32 Å². The molecule has 0 saturated heterocycles. The summed E-state index contributed by atoms with van der Waals surface area (Å²) in [7, 11) is 1.39. The Kier molecular flexibility index (Phi) is 5.05. The van der Waals surface area contributed by atoms with E-state index >= 15 is 0 Å². The Morgan fingerprint density at radius 1 is 1.21 bits per heavy atom. The van der Waals surface area contributed by atoms with Crippen molar-refractivity contribution in [3.8, 4) is 0 Å². The number of carbonyl (C=O) groups excluding carboxylic acids is 2. The van der Waals surface area contributed by atoms with Gasteiger partial charge in [0.1, 0.15) is 0 Å². The summed E-state index contributed by atoms with van der Waals surface area (Å²) in [6, 6.07) is 7.01. The van der Waals surface area contributed by atoms with E-state index in [-0.39, 0.29) is 13.0 Å². The maximum absolute atomic E-state index is 11.6. The van der Waals surface area contributed by atoms with Gasteiger partial charge in [-0.3, -0.25) is 14.4 Å². The highest BCUT2D eigenvalue weighted by Gasteiger charge is 2.19. The van der Waals surface area contributed by atoms with Crippen molar-refractivity contribution in [2.75, 3.05) is 18.9 Å². The first-order valence-corrected chi connectivity index (χ1v) is 5.75. The molecule has 2 amide bonds. The molecule has 102 valence electrons. The molecule has 0 saturated carbocycles. The average Bonchev–Trinajstić information content (AvgIpc) is 2.37. The van der Waals surface area contributed by atoms with Crippen LogP contribution >= 0.6 is 0 Å². The zero-order chi connectivity index (χ0) is 14.4. The molecule has 1 aromatic carbocycles. The summed E-state index contributed by atoms with van der Waals surface area (Å²) in [6.07, 6.45) is -0.194. The lowest BCUT2D eigenvalue weighted by atomic mass is 10.2. The van der Waals surface area contributed by atoms with Crippen LogP contribution in [0, 0.1) is 6.92 Å². The molecule has 19 heavy (non-hydrogen) atoms. The van der Waals surface area contributed by atoms with Crippen molar-refractivity contribution < 1.29 is 19.5 Å². The zero-order valence-corrected chi connectivity index (χ0v) is 10.8. The highest BCUT2D eigenvalue weighted by Crippen LogP contribution is 2.08. The number of nitrogens with one attached hydrogen (secondary N) is 1. The van der Waals surface area contributed by atoms with Gasteiger partial charge in [0.15, 0.2) is 0 Å². The number of rotatable bonds is 4. The molecule has 0 aliphatic rings. The molecule has 0 radical (unpaired) electrons. The molecule has 0 fully saturated rings. The van der Waals surface area contributed by atoms with Crippen molar-refractivity contribution in [3.05, 3.63) is 29.8 Å². The number of nitrogens with zero attached hydrogens (tertiary/aromatic N) is 1. The molecule has 0 bridgehead atoms. The van der Waals surface area contributed by atoms with Crippen LogP contribution in [0.4, 0.5) is 5.69 Å². The molecule has 0 spiro atoms. The Labute approximate surface area is 111 Å². The second-order valence-corrected chi connectivity index (χ2v) is 4.19. The molecule has 0 aliphatic heterocycles. The summed E-state index contributed by atoms with van der Waals surface area (Å²) in [4.78, 5) is 34.7. The highest BCUT2D eigenvalue weighted by molar-refractivity contribution is 6.39. The lowest BCUT2D eigenvalue weighted by Gasteiger charge is -2.15. The van der Waals surface area contributed by atoms with Crippen molar-refractivity contribution in [1.82, 2.24) is 4.90 Å². The minimum Gasteiger partial charge on any atom is -0.481 e. The van der Waals surface area contributed by atoms with Gasteiger partial charge in [0.2, 0.25) is 0 Å². The topological polar surface area (TPSA) is 86.7 Å². The summed E-state index contributed by atoms with van der Waals surface area (Å²) < 4.78 is 0. The molecule has 0 aromatic heterocycles. The summed E-state index contributed by atoms with van der Waals surface area (Å²) in [5.74, 6) is -2.56. The third kappa shape index (κ3) is 4.79. The largest absolute Gasteiger partial charge is 0.481 e. The van der Waals surface area contributed by atoms with E-state index in [4.69, 9.17) is 5.11 Å². The number of carbonyl (C=O) groups is 3. The third-order valence-electron chi connectivity index (χ3n) is 2.51. The number of hydrogen-bond donors (Lipinski definition) is 2. The Hall–Kier alpha value is -2.37. The molecule has 1 rings (SSSR count). The van der Waals surface area contributed by atoms with E-state index in [1.807, 2.05) is 19.1 Å². The van der Waals surface area contributed by atoms with E-state index in [1.165, 1.54) is 7.05 Å². The molecule has 0 aliphatic carbocycles. The van der Waals surface area contributed by atoms with Gasteiger partial charge < -0.3 is 15.3 Å². The van der Waals surface area contributed by atoms with Gasteiger partial charge in [-0.05, 0) is 19.1 Å². The number of aryl methyl sites for hydroxylation is 1. The minimum absolute atomic E-state index is 0.00448. The predicted molar refractivity (Wildman–Crippen MR) is 69.7 cm³/mol. The van der Waals surface area contributed by atoms with Crippen molar-refractivity contribution in [1.29, 1.82) is 0 Å². The smallest absolute Gasteiger partial charge is 0.313 e. The first kappa shape index (κ1) is 14.7. The maximum Gasteiger partial charge on any atom is 0.313 e. The van der Waals surface area contributed by atoms with Crippen LogP contribution < -0.4 is 5.32 Å². The standard InChI is InChI=1S/C13H16N2O4/c1-9-3-5-10(6-4-9)14-12(18)13(19)15(2)8-7-11(16)17/h3-6H,7-8H2,1-2H3,(H,14,18)(H,16,17). The number of aliphatic carboxylic acids is 1. The number of likely N-dealkylation sites (N-methyl/N-ethyl adjacent to an activating group) is 1. The van der Waals surface area contributed by atoms with Crippen LogP contribution in [0.25, 0.3) is 0 Å². The van der Waals surface area contributed by atoms with Crippen molar-refractivity contribution in [2.24, 2.45) is 0 Å². The van der Waals surface area contributed by atoms with Gasteiger partial charge in [-0.25, -0.2) is 0 Å². The molecule has 0 heterocycles. The zero-order valence-electron chi connectivity index (χ0n) is 10.8. The summed E-state index contributed by atoms with van der Waals surface area (Å²) in [5.41, 5.74) is 1.57. The van der Waals surface area contributed by atoms with Gasteiger partial charge in [-0.15, -0.1) is 0 Å². The lowest BCUT2D eigenvalue weighted by molar-refractivity contribution is -0.143. The van der Waals surface area contributed by atoms with Gasteiger partial charge in [0.25, 0.3) is 0 Å². The van der Waals surface area contributed by atoms with Crippen LogP contribution in [0.3, 0.4) is 0 Å². The maximum atomic E-state index is 11.6. The average molecular weight is 264 g/mol. The van der Waals surface area contributed by atoms with Crippen LogP contribution in [-0.2, 0) is 14.4 Å². The fourth-order valence-corrected chi connectivity index (χ4v) is 1.36. The highest BCUT2D eigenvalue weighted by atomic mass is 16.4. The van der Waals surface area contributed by atoms with Crippen LogP contribution in [0.15, 0.2) is 24.3 Å². The molecule has 6 nitrogen and oxygen atoms in total.